The first-order valence-corrected chi connectivity index (χ1v) is 13.3. The number of aromatic nitrogens is 3. The molecule has 4 rings (SSSR count). The Kier molecular flexibility index (Phi) is 16.8. The van der Waals surface area contributed by atoms with E-state index in [0.29, 0.717) is 5.69 Å². The number of hydrogen-bond acceptors (Lipinski definition) is 11. The van der Waals surface area contributed by atoms with Crippen LogP contribution in [0.5, 0.6) is 0 Å². The van der Waals surface area contributed by atoms with E-state index in [1.807, 2.05) is 12.1 Å². The van der Waals surface area contributed by atoms with Crippen molar-refractivity contribution in [1.82, 2.24) is 14.1 Å². The summed E-state index contributed by atoms with van der Waals surface area (Å²) in [6, 6.07) is 5.03. The van der Waals surface area contributed by atoms with Crippen LogP contribution in [0, 0.1) is 0 Å². The number of aliphatic hydroxyl groups is 3. The van der Waals surface area contributed by atoms with Crippen LogP contribution >= 0.6 is 27.6 Å². The normalized spacial score (nSPS) is 22.4. The van der Waals surface area contributed by atoms with E-state index >= 15 is 0 Å². The minimum atomic E-state index is -1.36. The van der Waals surface area contributed by atoms with Gasteiger partial charge in [0.25, 0.3) is 5.56 Å². The van der Waals surface area contributed by atoms with E-state index in [-0.39, 0.29) is 19.6 Å². The SMILES string of the molecule is O=PO.O=c1ccn(C2OC(CCO)C(O)C2O)c(=O)n1Cc1cc(N2CCCCC2)ccn1.OP.OP. The van der Waals surface area contributed by atoms with E-state index in [0.717, 1.165) is 40.8 Å². The number of aliphatic hydroxyl groups excluding tert-OH is 3. The number of pyridine rings is 1. The van der Waals surface area contributed by atoms with Crippen LogP contribution in [0.15, 0.2) is 40.2 Å². The molecule has 0 radical (unpaired) electrons. The largest absolute Gasteiger partial charge is 0.396 e. The zero-order valence-electron chi connectivity index (χ0n) is 20.6. The molecule has 2 saturated heterocycles. The summed E-state index contributed by atoms with van der Waals surface area (Å²) in [6.07, 6.45) is 1.96. The van der Waals surface area contributed by atoms with Crippen molar-refractivity contribution in [2.45, 2.75) is 56.8 Å². The standard InChI is InChI=1S/C21H28N4O6.HO2P.2H3OP/c26-11-6-16-18(28)19(29)20(31-16)24-10-5-17(27)25(21(24)30)13-14-12-15(4-7-22-14)23-8-2-1-3-9-23;1-3-2;2*1-2/h4-5,7,10,12,16,18-20,26,28-29H,1-3,6,8-9,11,13H2;(H,1,2);2*1H,2H2. The molecule has 6 unspecified atom stereocenters. The molecule has 6 atom stereocenters. The molecule has 0 spiro atoms. The molecule has 17 heteroatoms. The van der Waals surface area contributed by atoms with Gasteiger partial charge in [0.15, 0.2) is 6.23 Å². The van der Waals surface area contributed by atoms with Gasteiger partial charge in [0, 0.05) is 43.8 Å². The summed E-state index contributed by atoms with van der Waals surface area (Å²) in [4.78, 5) is 52.9. The maximum atomic E-state index is 13.1. The molecule has 6 N–H and O–H groups in total. The second-order valence-electron chi connectivity index (χ2n) is 8.12. The second kappa shape index (κ2) is 18.6. The Morgan fingerprint density at radius 3 is 2.29 bits per heavy atom. The van der Waals surface area contributed by atoms with Gasteiger partial charge < -0.3 is 39.6 Å². The number of ether oxygens (including phenoxy) is 1. The third-order valence-corrected chi connectivity index (χ3v) is 5.96. The highest BCUT2D eigenvalue weighted by Gasteiger charge is 2.43. The Bertz CT molecular complexity index is 1080. The zero-order chi connectivity index (χ0) is 28.7. The van der Waals surface area contributed by atoms with Crippen LogP contribution in [0.2, 0.25) is 0 Å². The predicted octanol–water partition coefficient (Wildman–Crippen LogP) is -0.832. The lowest BCUT2D eigenvalue weighted by Gasteiger charge is -2.29. The minimum absolute atomic E-state index is 0.0222. The predicted molar refractivity (Wildman–Crippen MR) is 146 cm³/mol. The fraction of sp³-hybridized carbons (Fsp3) is 0.571. The zero-order valence-corrected chi connectivity index (χ0v) is 23.8. The molecule has 2 aliphatic heterocycles. The van der Waals surface area contributed by atoms with Crippen LogP contribution in [0.25, 0.3) is 0 Å². The van der Waals surface area contributed by atoms with Crippen LogP contribution in [-0.4, -0.2) is 82.1 Å². The third-order valence-electron chi connectivity index (χ3n) is 5.96. The summed E-state index contributed by atoms with van der Waals surface area (Å²) in [5, 5.41) is 29.6. The molecule has 38 heavy (non-hydrogen) atoms. The van der Waals surface area contributed by atoms with Gasteiger partial charge in [-0.1, -0.05) is 0 Å². The van der Waals surface area contributed by atoms with Crippen molar-refractivity contribution in [3.63, 3.8) is 0 Å². The van der Waals surface area contributed by atoms with E-state index in [9.17, 15) is 19.8 Å². The molecule has 14 nitrogen and oxygen atoms in total. The Labute approximate surface area is 225 Å². The summed E-state index contributed by atoms with van der Waals surface area (Å²) in [6.45, 7) is 1.69. The summed E-state index contributed by atoms with van der Waals surface area (Å²) < 4.78 is 16.2. The lowest BCUT2D eigenvalue weighted by atomic mass is 10.1. The van der Waals surface area contributed by atoms with Crippen molar-refractivity contribution in [3.05, 3.63) is 57.1 Å². The van der Waals surface area contributed by atoms with E-state index in [4.69, 9.17) is 29.1 Å². The first-order chi connectivity index (χ1) is 18.4. The van der Waals surface area contributed by atoms with Crippen LogP contribution in [-0.2, 0) is 15.8 Å². The molecule has 0 aliphatic carbocycles. The Morgan fingerprint density at radius 2 is 1.68 bits per heavy atom. The highest BCUT2D eigenvalue weighted by atomic mass is 31.1. The van der Waals surface area contributed by atoms with E-state index < -0.39 is 44.5 Å². The molecule has 2 aliphatic rings. The summed E-state index contributed by atoms with van der Waals surface area (Å²) in [5.74, 6) is 0. The highest BCUT2D eigenvalue weighted by Crippen LogP contribution is 2.29. The summed E-state index contributed by atoms with van der Waals surface area (Å²) >= 11 is 0. The molecule has 0 amide bonds. The van der Waals surface area contributed by atoms with E-state index in [1.165, 1.54) is 37.6 Å². The number of nitrogens with zero attached hydrogens (tertiary/aromatic N) is 4. The smallest absolute Gasteiger partial charge is 0.333 e. The number of anilines is 1. The average Bonchev–Trinajstić information content (AvgIpc) is 3.23. The second-order valence-corrected chi connectivity index (χ2v) is 8.29. The molecule has 0 aromatic carbocycles. The molecule has 214 valence electrons. The fourth-order valence-corrected chi connectivity index (χ4v) is 4.26. The lowest BCUT2D eigenvalue weighted by molar-refractivity contribution is -0.0458. The van der Waals surface area contributed by atoms with Gasteiger partial charge in [0.1, 0.15) is 12.2 Å². The van der Waals surface area contributed by atoms with Gasteiger partial charge in [-0.2, -0.15) is 0 Å². The van der Waals surface area contributed by atoms with Crippen LogP contribution in [0.1, 0.15) is 37.6 Å². The number of hydrogen-bond donors (Lipinski definition) is 6. The topological polar surface area (TPSA) is 208 Å². The molecular weight excluding hydrogens is 561 g/mol. The Morgan fingerprint density at radius 1 is 1.05 bits per heavy atom. The molecule has 2 fully saturated rings. The van der Waals surface area contributed by atoms with Gasteiger partial charge in [0.2, 0.25) is 0 Å². The van der Waals surface area contributed by atoms with Crippen molar-refractivity contribution in [2.24, 2.45) is 0 Å². The van der Waals surface area contributed by atoms with Gasteiger partial charge in [-0.3, -0.25) is 18.9 Å². The first kappa shape index (κ1) is 34.3. The average molecular weight is 596 g/mol. The van der Waals surface area contributed by atoms with Crippen LogP contribution in [0.4, 0.5) is 5.69 Å². The Hall–Kier alpha value is -1.69. The van der Waals surface area contributed by atoms with E-state index in [2.05, 4.69) is 9.88 Å². The van der Waals surface area contributed by atoms with Crippen molar-refractivity contribution in [3.8, 4) is 0 Å². The van der Waals surface area contributed by atoms with Gasteiger partial charge in [0.05, 0.1) is 18.3 Å². The first-order valence-electron chi connectivity index (χ1n) is 11.5. The lowest BCUT2D eigenvalue weighted by Crippen LogP contribution is -2.43. The molecular formula is C21H35N4O10P3. The van der Waals surface area contributed by atoms with Gasteiger partial charge in [-0.05, 0) is 56.7 Å². The van der Waals surface area contributed by atoms with Gasteiger partial charge in [-0.25, -0.2) is 9.36 Å². The molecule has 2 aromatic rings. The number of piperidine rings is 1. The monoisotopic (exact) mass is 596 g/mol. The quantitative estimate of drug-likeness (QED) is 0.226. The third kappa shape index (κ3) is 9.20. The van der Waals surface area contributed by atoms with Gasteiger partial charge in [-0.15, -0.1) is 0 Å². The molecule has 0 bridgehead atoms. The number of rotatable bonds is 6. The minimum Gasteiger partial charge on any atom is -0.396 e. The highest BCUT2D eigenvalue weighted by molar-refractivity contribution is 7.16. The maximum Gasteiger partial charge on any atom is 0.333 e. The van der Waals surface area contributed by atoms with Crippen molar-refractivity contribution in [2.75, 3.05) is 24.6 Å². The van der Waals surface area contributed by atoms with Crippen molar-refractivity contribution in [1.29, 1.82) is 0 Å². The Balaban J connectivity index is 0.000000944. The van der Waals surface area contributed by atoms with E-state index in [1.54, 1.807) is 6.20 Å². The molecule has 4 heterocycles. The summed E-state index contributed by atoms with van der Waals surface area (Å²) in [7, 11) is 2.00. The molecule has 0 saturated carbocycles. The van der Waals surface area contributed by atoms with Crippen molar-refractivity contribution >= 4 is 33.3 Å². The van der Waals surface area contributed by atoms with Crippen LogP contribution in [0.3, 0.4) is 0 Å². The maximum absolute atomic E-state index is 13.1. The molecule has 2 aromatic heterocycles. The van der Waals surface area contributed by atoms with Crippen LogP contribution < -0.4 is 16.1 Å². The summed E-state index contributed by atoms with van der Waals surface area (Å²) in [5.41, 5.74) is 0.426. The van der Waals surface area contributed by atoms with Crippen molar-refractivity contribution < 1.29 is 39.3 Å². The van der Waals surface area contributed by atoms with Gasteiger partial charge >= 0.3 is 14.4 Å². The fourth-order valence-electron chi connectivity index (χ4n) is 4.26.